The standard InChI is InChI=1S/C14H27N5/c1-6-8-15-13-16-9-7-12(18-13)17-10-14(2,3)11-19(4)5/h7,9H,6,8,10-11H2,1-5H3,(H2,15,16,17,18). The Balaban J connectivity index is 2.52. The summed E-state index contributed by atoms with van der Waals surface area (Å²) in [5.74, 6) is 1.57. The van der Waals surface area contributed by atoms with Crippen molar-refractivity contribution in [1.29, 1.82) is 0 Å². The van der Waals surface area contributed by atoms with Gasteiger partial charge >= 0.3 is 0 Å². The first-order chi connectivity index (χ1) is 8.93. The van der Waals surface area contributed by atoms with E-state index in [2.05, 4.69) is 60.4 Å². The maximum atomic E-state index is 4.45. The quantitative estimate of drug-likeness (QED) is 0.755. The van der Waals surface area contributed by atoms with Gasteiger partial charge in [0.2, 0.25) is 5.95 Å². The number of aromatic nitrogens is 2. The number of nitrogens with zero attached hydrogens (tertiary/aromatic N) is 3. The van der Waals surface area contributed by atoms with Crippen molar-refractivity contribution in [3.63, 3.8) is 0 Å². The molecular weight excluding hydrogens is 238 g/mol. The van der Waals surface area contributed by atoms with Crippen LogP contribution in [0, 0.1) is 5.41 Å². The summed E-state index contributed by atoms with van der Waals surface area (Å²) in [4.78, 5) is 10.8. The molecule has 1 aromatic rings. The van der Waals surface area contributed by atoms with Crippen molar-refractivity contribution in [2.45, 2.75) is 27.2 Å². The van der Waals surface area contributed by atoms with Gasteiger partial charge in [-0.15, -0.1) is 0 Å². The highest BCUT2D eigenvalue weighted by molar-refractivity contribution is 5.39. The molecule has 19 heavy (non-hydrogen) atoms. The SMILES string of the molecule is CCCNc1nccc(NCC(C)(C)CN(C)C)n1. The van der Waals surface area contributed by atoms with E-state index in [1.165, 1.54) is 0 Å². The van der Waals surface area contributed by atoms with Gasteiger partial charge in [-0.3, -0.25) is 0 Å². The second-order valence-electron chi connectivity index (χ2n) is 5.95. The Bertz CT molecular complexity index is 376. The zero-order chi connectivity index (χ0) is 14.3. The van der Waals surface area contributed by atoms with Gasteiger partial charge in [-0.2, -0.15) is 4.98 Å². The molecule has 0 bridgehead atoms. The van der Waals surface area contributed by atoms with Crippen LogP contribution in [-0.2, 0) is 0 Å². The Morgan fingerprint density at radius 2 is 2.00 bits per heavy atom. The molecule has 0 saturated heterocycles. The molecule has 0 atom stereocenters. The summed E-state index contributed by atoms with van der Waals surface area (Å²) in [6.45, 7) is 9.44. The Hall–Kier alpha value is -1.36. The molecule has 0 amide bonds. The number of nitrogens with one attached hydrogen (secondary N) is 2. The van der Waals surface area contributed by atoms with Crippen LogP contribution < -0.4 is 10.6 Å². The van der Waals surface area contributed by atoms with Gasteiger partial charge in [0.25, 0.3) is 0 Å². The van der Waals surface area contributed by atoms with Crippen LogP contribution >= 0.6 is 0 Å². The van der Waals surface area contributed by atoms with Gasteiger partial charge in [0.05, 0.1) is 0 Å². The summed E-state index contributed by atoms with van der Waals surface area (Å²) in [5.41, 5.74) is 0.200. The second kappa shape index (κ2) is 7.28. The van der Waals surface area contributed by atoms with Crippen molar-refractivity contribution >= 4 is 11.8 Å². The number of hydrogen-bond donors (Lipinski definition) is 2. The molecule has 0 unspecified atom stereocenters. The molecule has 0 fully saturated rings. The predicted octanol–water partition coefficient (Wildman–Crippen LogP) is 2.30. The molecular formula is C14H27N5. The van der Waals surface area contributed by atoms with Crippen molar-refractivity contribution in [2.75, 3.05) is 44.4 Å². The van der Waals surface area contributed by atoms with E-state index in [4.69, 9.17) is 0 Å². The van der Waals surface area contributed by atoms with Crippen molar-refractivity contribution in [2.24, 2.45) is 5.41 Å². The van der Waals surface area contributed by atoms with Crippen LogP contribution in [0.2, 0.25) is 0 Å². The Kier molecular flexibility index (Phi) is 6.02. The molecule has 0 spiro atoms. The average Bonchev–Trinajstić information content (AvgIpc) is 2.33. The largest absolute Gasteiger partial charge is 0.369 e. The summed E-state index contributed by atoms with van der Waals surface area (Å²) >= 11 is 0. The van der Waals surface area contributed by atoms with Gasteiger partial charge in [-0.05, 0) is 32.0 Å². The first-order valence-electron chi connectivity index (χ1n) is 6.88. The fourth-order valence-electron chi connectivity index (χ4n) is 2.02. The summed E-state index contributed by atoms with van der Waals surface area (Å²) in [6, 6.07) is 1.91. The van der Waals surface area contributed by atoms with E-state index >= 15 is 0 Å². The third-order valence-electron chi connectivity index (χ3n) is 2.68. The zero-order valence-electron chi connectivity index (χ0n) is 12.8. The fraction of sp³-hybridized carbons (Fsp3) is 0.714. The first kappa shape index (κ1) is 15.7. The van der Waals surface area contributed by atoms with Crippen molar-refractivity contribution in [3.05, 3.63) is 12.3 Å². The molecule has 5 heteroatoms. The van der Waals surface area contributed by atoms with Crippen molar-refractivity contribution in [3.8, 4) is 0 Å². The lowest BCUT2D eigenvalue weighted by Crippen LogP contribution is -2.34. The van der Waals surface area contributed by atoms with Crippen LogP contribution in [0.4, 0.5) is 11.8 Å². The second-order valence-corrected chi connectivity index (χ2v) is 5.95. The van der Waals surface area contributed by atoms with Gasteiger partial charge < -0.3 is 15.5 Å². The molecule has 0 saturated carbocycles. The highest BCUT2D eigenvalue weighted by Gasteiger charge is 2.18. The van der Waals surface area contributed by atoms with Gasteiger partial charge in [-0.1, -0.05) is 20.8 Å². The molecule has 0 radical (unpaired) electrons. The molecule has 0 aliphatic carbocycles. The van der Waals surface area contributed by atoms with E-state index in [0.29, 0.717) is 5.95 Å². The van der Waals surface area contributed by atoms with E-state index in [1.54, 1.807) is 6.20 Å². The van der Waals surface area contributed by atoms with Crippen LogP contribution in [0.25, 0.3) is 0 Å². The minimum absolute atomic E-state index is 0.200. The van der Waals surface area contributed by atoms with Crippen LogP contribution in [0.15, 0.2) is 12.3 Å². The van der Waals surface area contributed by atoms with Crippen LogP contribution in [0.1, 0.15) is 27.2 Å². The van der Waals surface area contributed by atoms with E-state index in [0.717, 1.165) is 31.9 Å². The topological polar surface area (TPSA) is 53.1 Å². The number of rotatable bonds is 8. The highest BCUT2D eigenvalue weighted by Crippen LogP contribution is 2.17. The lowest BCUT2D eigenvalue weighted by molar-refractivity contribution is 0.254. The third-order valence-corrected chi connectivity index (χ3v) is 2.68. The molecule has 108 valence electrons. The fourth-order valence-corrected chi connectivity index (χ4v) is 2.02. The molecule has 1 aromatic heterocycles. The lowest BCUT2D eigenvalue weighted by Gasteiger charge is -2.28. The van der Waals surface area contributed by atoms with Gasteiger partial charge in [-0.25, -0.2) is 4.98 Å². The average molecular weight is 265 g/mol. The normalized spacial score (nSPS) is 11.7. The van der Waals surface area contributed by atoms with Gasteiger partial charge in [0, 0.05) is 25.8 Å². The van der Waals surface area contributed by atoms with Crippen molar-refractivity contribution in [1.82, 2.24) is 14.9 Å². The lowest BCUT2D eigenvalue weighted by atomic mass is 9.93. The van der Waals surface area contributed by atoms with Crippen LogP contribution in [0.3, 0.4) is 0 Å². The molecule has 0 aliphatic heterocycles. The predicted molar refractivity (Wildman–Crippen MR) is 81.6 cm³/mol. The van der Waals surface area contributed by atoms with Gasteiger partial charge in [0.1, 0.15) is 5.82 Å². The summed E-state index contributed by atoms with van der Waals surface area (Å²) in [6.07, 6.45) is 2.85. The van der Waals surface area contributed by atoms with E-state index in [-0.39, 0.29) is 5.41 Å². The molecule has 1 rings (SSSR count). The van der Waals surface area contributed by atoms with Crippen molar-refractivity contribution < 1.29 is 0 Å². The maximum absolute atomic E-state index is 4.45. The number of hydrogen-bond acceptors (Lipinski definition) is 5. The Morgan fingerprint density at radius 3 is 2.63 bits per heavy atom. The monoisotopic (exact) mass is 265 g/mol. The smallest absolute Gasteiger partial charge is 0.224 e. The Morgan fingerprint density at radius 1 is 1.26 bits per heavy atom. The molecule has 0 aromatic carbocycles. The first-order valence-corrected chi connectivity index (χ1v) is 6.88. The molecule has 2 N–H and O–H groups in total. The highest BCUT2D eigenvalue weighted by atomic mass is 15.1. The summed E-state index contributed by atoms with van der Waals surface area (Å²) in [7, 11) is 4.19. The summed E-state index contributed by atoms with van der Waals surface area (Å²) in [5, 5.41) is 6.58. The van der Waals surface area contributed by atoms with Crippen LogP contribution in [0.5, 0.6) is 0 Å². The minimum Gasteiger partial charge on any atom is -0.369 e. The third kappa shape index (κ3) is 6.38. The summed E-state index contributed by atoms with van der Waals surface area (Å²) < 4.78 is 0. The molecule has 5 nitrogen and oxygen atoms in total. The van der Waals surface area contributed by atoms with E-state index in [9.17, 15) is 0 Å². The minimum atomic E-state index is 0.200. The van der Waals surface area contributed by atoms with Gasteiger partial charge in [0.15, 0.2) is 0 Å². The van der Waals surface area contributed by atoms with Crippen LogP contribution in [-0.4, -0.2) is 48.6 Å². The maximum Gasteiger partial charge on any atom is 0.224 e. The molecule has 1 heterocycles. The Labute approximate surface area is 116 Å². The van der Waals surface area contributed by atoms with E-state index < -0.39 is 0 Å². The zero-order valence-corrected chi connectivity index (χ0v) is 12.8. The molecule has 0 aliphatic rings. The van der Waals surface area contributed by atoms with E-state index in [1.807, 2.05) is 6.07 Å². The number of anilines is 2.